The Morgan fingerprint density at radius 3 is 2.79 bits per heavy atom. The van der Waals surface area contributed by atoms with Gasteiger partial charge in [0.05, 0.1) is 0 Å². The van der Waals surface area contributed by atoms with E-state index in [2.05, 4.69) is 22.4 Å². The van der Waals surface area contributed by atoms with E-state index >= 15 is 0 Å². The number of nitrogens with one attached hydrogen (secondary N) is 1. The number of carbonyl (C=O) groups excluding carboxylic acids is 2. The van der Waals surface area contributed by atoms with Crippen LogP contribution in [0.15, 0.2) is 42.6 Å². The summed E-state index contributed by atoms with van der Waals surface area (Å²) < 4.78 is 0. The molecule has 2 aromatic rings. The van der Waals surface area contributed by atoms with Crippen LogP contribution in [0.3, 0.4) is 0 Å². The van der Waals surface area contributed by atoms with E-state index in [0.717, 1.165) is 12.8 Å². The van der Waals surface area contributed by atoms with Crippen LogP contribution in [0.1, 0.15) is 45.3 Å². The lowest BCUT2D eigenvalue weighted by Crippen LogP contribution is -2.36. The molecular weight excluding hydrogens is 302 g/mol. The monoisotopic (exact) mass is 323 g/mol. The molecule has 0 spiro atoms. The summed E-state index contributed by atoms with van der Waals surface area (Å²) in [6, 6.07) is 11.4. The van der Waals surface area contributed by atoms with Crippen LogP contribution < -0.4 is 5.32 Å². The molecule has 1 aromatic carbocycles. The molecule has 1 aliphatic heterocycles. The number of fused-ring (bicyclic) bond motifs is 1. The molecular formula is C19H21N3O2. The highest BCUT2D eigenvalue weighted by atomic mass is 16.2. The molecule has 1 aliphatic rings. The molecule has 124 valence electrons. The standard InChI is InChI=1S/C19H21N3O2/c1-2-9-21-18(23)15-7-10-20-17(12-15)19(24)22-11-8-14-5-3-4-6-16(14)13-22/h3-7,10,12H,2,8-9,11,13H2,1H3,(H,21,23). The summed E-state index contributed by atoms with van der Waals surface area (Å²) >= 11 is 0. The third kappa shape index (κ3) is 3.45. The summed E-state index contributed by atoms with van der Waals surface area (Å²) in [7, 11) is 0. The predicted octanol–water partition coefficient (Wildman–Crippen LogP) is 2.42. The molecule has 0 bridgehead atoms. The SMILES string of the molecule is CCCNC(=O)c1ccnc(C(=O)N2CCc3ccccc3C2)c1. The summed E-state index contributed by atoms with van der Waals surface area (Å²) in [6.45, 7) is 3.87. The number of pyridine rings is 1. The van der Waals surface area contributed by atoms with Gasteiger partial charge in [0, 0.05) is 31.4 Å². The molecule has 2 amide bonds. The molecule has 2 heterocycles. The van der Waals surface area contributed by atoms with Crippen LogP contribution in [0.2, 0.25) is 0 Å². The van der Waals surface area contributed by atoms with Gasteiger partial charge >= 0.3 is 0 Å². The Hall–Kier alpha value is -2.69. The first-order valence-electron chi connectivity index (χ1n) is 8.29. The molecule has 0 saturated carbocycles. The maximum absolute atomic E-state index is 12.7. The minimum Gasteiger partial charge on any atom is -0.352 e. The van der Waals surface area contributed by atoms with E-state index in [1.807, 2.05) is 19.1 Å². The van der Waals surface area contributed by atoms with Gasteiger partial charge in [0.15, 0.2) is 0 Å². The third-order valence-corrected chi connectivity index (χ3v) is 4.19. The van der Waals surface area contributed by atoms with Gasteiger partial charge in [-0.3, -0.25) is 14.6 Å². The molecule has 3 rings (SSSR count). The van der Waals surface area contributed by atoms with Gasteiger partial charge in [-0.2, -0.15) is 0 Å². The first-order valence-corrected chi connectivity index (χ1v) is 8.29. The Bertz CT molecular complexity index is 758. The lowest BCUT2D eigenvalue weighted by atomic mass is 9.99. The van der Waals surface area contributed by atoms with Crippen molar-refractivity contribution < 1.29 is 9.59 Å². The minimum absolute atomic E-state index is 0.130. The Kier molecular flexibility index (Phi) is 4.89. The van der Waals surface area contributed by atoms with Crippen LogP contribution in [0.4, 0.5) is 0 Å². The molecule has 5 nitrogen and oxygen atoms in total. The summed E-state index contributed by atoms with van der Waals surface area (Å²) in [5.74, 6) is -0.299. The van der Waals surface area contributed by atoms with Crippen molar-refractivity contribution in [2.45, 2.75) is 26.3 Å². The maximum Gasteiger partial charge on any atom is 0.272 e. The van der Waals surface area contributed by atoms with Crippen molar-refractivity contribution in [1.29, 1.82) is 0 Å². The van der Waals surface area contributed by atoms with Gasteiger partial charge < -0.3 is 10.2 Å². The number of rotatable bonds is 4. The zero-order valence-electron chi connectivity index (χ0n) is 13.8. The highest BCUT2D eigenvalue weighted by molar-refractivity contribution is 5.98. The Morgan fingerprint density at radius 1 is 1.21 bits per heavy atom. The second kappa shape index (κ2) is 7.25. The highest BCUT2D eigenvalue weighted by Crippen LogP contribution is 2.20. The van der Waals surface area contributed by atoms with Crippen LogP contribution >= 0.6 is 0 Å². The van der Waals surface area contributed by atoms with Crippen LogP contribution in [0.25, 0.3) is 0 Å². The van der Waals surface area contributed by atoms with Crippen molar-refractivity contribution in [1.82, 2.24) is 15.2 Å². The second-order valence-corrected chi connectivity index (χ2v) is 5.93. The topological polar surface area (TPSA) is 62.3 Å². The van der Waals surface area contributed by atoms with Gasteiger partial charge in [0.1, 0.15) is 5.69 Å². The summed E-state index contributed by atoms with van der Waals surface area (Å²) in [4.78, 5) is 30.7. The highest BCUT2D eigenvalue weighted by Gasteiger charge is 2.23. The normalized spacial score (nSPS) is 13.3. The first-order chi connectivity index (χ1) is 11.7. The quantitative estimate of drug-likeness (QED) is 0.940. The van der Waals surface area contributed by atoms with Gasteiger partial charge in [0.25, 0.3) is 11.8 Å². The molecule has 0 unspecified atom stereocenters. The van der Waals surface area contributed by atoms with E-state index in [1.54, 1.807) is 17.0 Å². The maximum atomic E-state index is 12.7. The van der Waals surface area contributed by atoms with Crippen molar-refractivity contribution in [3.8, 4) is 0 Å². The predicted molar refractivity (Wildman–Crippen MR) is 91.7 cm³/mol. The van der Waals surface area contributed by atoms with E-state index in [0.29, 0.717) is 30.9 Å². The van der Waals surface area contributed by atoms with E-state index < -0.39 is 0 Å². The van der Waals surface area contributed by atoms with Gasteiger partial charge in [-0.1, -0.05) is 31.2 Å². The van der Waals surface area contributed by atoms with Gasteiger partial charge in [0.2, 0.25) is 0 Å². The number of nitrogens with zero attached hydrogens (tertiary/aromatic N) is 2. The summed E-state index contributed by atoms with van der Waals surface area (Å²) in [6.07, 6.45) is 3.24. The molecule has 0 aliphatic carbocycles. The van der Waals surface area contributed by atoms with Crippen molar-refractivity contribution in [3.63, 3.8) is 0 Å². The molecule has 0 fully saturated rings. The lowest BCUT2D eigenvalue weighted by Gasteiger charge is -2.28. The minimum atomic E-state index is -0.169. The second-order valence-electron chi connectivity index (χ2n) is 5.93. The zero-order chi connectivity index (χ0) is 16.9. The number of hydrogen-bond donors (Lipinski definition) is 1. The van der Waals surface area contributed by atoms with Crippen molar-refractivity contribution >= 4 is 11.8 Å². The van der Waals surface area contributed by atoms with E-state index in [4.69, 9.17) is 0 Å². The number of benzene rings is 1. The average Bonchev–Trinajstić information content (AvgIpc) is 2.65. The number of hydrogen-bond acceptors (Lipinski definition) is 3. The first kappa shape index (κ1) is 16.2. The lowest BCUT2D eigenvalue weighted by molar-refractivity contribution is 0.0728. The fraction of sp³-hybridized carbons (Fsp3) is 0.316. The molecule has 0 radical (unpaired) electrons. The molecule has 1 aromatic heterocycles. The molecule has 1 N–H and O–H groups in total. The number of aromatic nitrogens is 1. The van der Waals surface area contributed by atoms with E-state index in [-0.39, 0.29) is 11.8 Å². The fourth-order valence-corrected chi connectivity index (χ4v) is 2.86. The van der Waals surface area contributed by atoms with E-state index in [1.165, 1.54) is 17.3 Å². The smallest absolute Gasteiger partial charge is 0.272 e. The third-order valence-electron chi connectivity index (χ3n) is 4.19. The fourth-order valence-electron chi connectivity index (χ4n) is 2.86. The van der Waals surface area contributed by atoms with Crippen molar-refractivity contribution in [2.75, 3.05) is 13.1 Å². The number of amides is 2. The molecule has 24 heavy (non-hydrogen) atoms. The average molecular weight is 323 g/mol. The molecule has 0 saturated heterocycles. The van der Waals surface area contributed by atoms with Crippen molar-refractivity contribution in [2.24, 2.45) is 0 Å². The zero-order valence-corrected chi connectivity index (χ0v) is 13.8. The molecule has 5 heteroatoms. The molecule has 0 atom stereocenters. The van der Waals surface area contributed by atoms with Crippen LogP contribution in [0, 0.1) is 0 Å². The van der Waals surface area contributed by atoms with E-state index in [9.17, 15) is 9.59 Å². The largest absolute Gasteiger partial charge is 0.352 e. The van der Waals surface area contributed by atoms with Crippen LogP contribution in [-0.4, -0.2) is 34.8 Å². The Balaban J connectivity index is 1.75. The number of carbonyl (C=O) groups is 2. The van der Waals surface area contributed by atoms with Crippen LogP contribution in [-0.2, 0) is 13.0 Å². The van der Waals surface area contributed by atoms with Crippen LogP contribution in [0.5, 0.6) is 0 Å². The van der Waals surface area contributed by atoms with Gasteiger partial charge in [-0.25, -0.2) is 0 Å². The van der Waals surface area contributed by atoms with Gasteiger partial charge in [-0.15, -0.1) is 0 Å². The van der Waals surface area contributed by atoms with Gasteiger partial charge in [-0.05, 0) is 36.1 Å². The van der Waals surface area contributed by atoms with Crippen molar-refractivity contribution in [3.05, 3.63) is 65.0 Å². The Labute approximate surface area is 141 Å². The Morgan fingerprint density at radius 2 is 2.00 bits per heavy atom. The summed E-state index contributed by atoms with van der Waals surface area (Å²) in [5.41, 5.74) is 3.26. The summed E-state index contributed by atoms with van der Waals surface area (Å²) in [5, 5.41) is 2.82.